The van der Waals surface area contributed by atoms with Crippen molar-refractivity contribution in [1.82, 2.24) is 0 Å². The molecule has 94 valence electrons. The predicted octanol–water partition coefficient (Wildman–Crippen LogP) is 3.52. The van der Waals surface area contributed by atoms with Crippen LogP contribution in [0.1, 0.15) is 21.9 Å². The van der Waals surface area contributed by atoms with E-state index >= 15 is 0 Å². The number of benzene rings is 1. The van der Waals surface area contributed by atoms with Crippen LogP contribution in [0.3, 0.4) is 0 Å². The minimum atomic E-state index is -1.08. The van der Waals surface area contributed by atoms with Gasteiger partial charge in [-0.15, -0.1) is 0 Å². The lowest BCUT2D eigenvalue weighted by molar-refractivity contribution is 0.0696. The first-order valence-corrected chi connectivity index (χ1v) is 5.65. The molecule has 1 aromatic carbocycles. The summed E-state index contributed by atoms with van der Waals surface area (Å²) in [6.45, 7) is 2.09. The van der Waals surface area contributed by atoms with E-state index in [9.17, 15) is 4.79 Å². The number of rotatable bonds is 4. The van der Waals surface area contributed by atoms with Crippen LogP contribution in [0.2, 0.25) is 5.02 Å². The van der Waals surface area contributed by atoms with Gasteiger partial charge in [-0.2, -0.15) is 0 Å². The number of hydrogen-bond acceptors (Lipinski definition) is 3. The second-order valence-corrected chi connectivity index (χ2v) is 4.16. The molecule has 0 atom stereocenters. The Kier molecular flexibility index (Phi) is 3.58. The van der Waals surface area contributed by atoms with E-state index in [4.69, 9.17) is 25.9 Å². The van der Waals surface area contributed by atoms with Gasteiger partial charge in [0.25, 0.3) is 0 Å². The van der Waals surface area contributed by atoms with E-state index < -0.39 is 5.97 Å². The van der Waals surface area contributed by atoms with Gasteiger partial charge in [-0.25, -0.2) is 4.79 Å². The molecule has 0 bridgehead atoms. The molecule has 1 heterocycles. The summed E-state index contributed by atoms with van der Waals surface area (Å²) in [6, 6.07) is 8.14. The summed E-state index contributed by atoms with van der Waals surface area (Å²) < 4.78 is 10.8. The third kappa shape index (κ3) is 2.84. The molecule has 0 fully saturated rings. The standard InChI is InChI=1S/C13H11ClO4/c1-8-2-3-10(18-8)7-17-9-4-5-12(14)11(6-9)13(15)16/h2-6H,7H2,1H3,(H,15,16). The highest BCUT2D eigenvalue weighted by Crippen LogP contribution is 2.23. The normalized spacial score (nSPS) is 10.3. The second-order valence-electron chi connectivity index (χ2n) is 3.75. The lowest BCUT2D eigenvalue weighted by atomic mass is 10.2. The zero-order chi connectivity index (χ0) is 13.1. The SMILES string of the molecule is Cc1ccc(COc2ccc(Cl)c(C(=O)O)c2)o1. The van der Waals surface area contributed by atoms with Crippen LogP contribution >= 0.6 is 11.6 Å². The summed E-state index contributed by atoms with van der Waals surface area (Å²) in [7, 11) is 0. The van der Waals surface area contributed by atoms with Gasteiger partial charge in [0.2, 0.25) is 0 Å². The molecule has 0 aliphatic rings. The van der Waals surface area contributed by atoms with Gasteiger partial charge in [-0.05, 0) is 37.3 Å². The van der Waals surface area contributed by atoms with Crippen molar-refractivity contribution in [3.8, 4) is 5.75 Å². The first-order valence-electron chi connectivity index (χ1n) is 5.27. The molecule has 2 aromatic rings. The number of aryl methyl sites for hydroxylation is 1. The van der Waals surface area contributed by atoms with Gasteiger partial charge in [0.1, 0.15) is 23.9 Å². The van der Waals surface area contributed by atoms with Crippen LogP contribution in [0, 0.1) is 6.92 Å². The molecule has 1 aromatic heterocycles. The minimum absolute atomic E-state index is 0.0183. The zero-order valence-electron chi connectivity index (χ0n) is 9.64. The zero-order valence-corrected chi connectivity index (χ0v) is 10.4. The molecule has 1 N–H and O–H groups in total. The Labute approximate surface area is 109 Å². The van der Waals surface area contributed by atoms with E-state index in [2.05, 4.69) is 0 Å². The van der Waals surface area contributed by atoms with Crippen LogP contribution in [0.25, 0.3) is 0 Å². The summed E-state index contributed by atoms with van der Waals surface area (Å²) in [4.78, 5) is 10.9. The Bertz CT molecular complexity index is 574. The number of furan rings is 1. The van der Waals surface area contributed by atoms with Crippen LogP contribution in [-0.4, -0.2) is 11.1 Å². The maximum atomic E-state index is 10.9. The Morgan fingerprint density at radius 1 is 1.39 bits per heavy atom. The number of ether oxygens (including phenoxy) is 1. The minimum Gasteiger partial charge on any atom is -0.486 e. The van der Waals surface area contributed by atoms with Crippen molar-refractivity contribution in [2.24, 2.45) is 0 Å². The van der Waals surface area contributed by atoms with Crippen LogP contribution in [-0.2, 0) is 6.61 Å². The van der Waals surface area contributed by atoms with Crippen molar-refractivity contribution in [2.75, 3.05) is 0 Å². The molecule has 18 heavy (non-hydrogen) atoms. The fourth-order valence-corrected chi connectivity index (χ4v) is 1.67. The van der Waals surface area contributed by atoms with E-state index in [0.717, 1.165) is 5.76 Å². The van der Waals surface area contributed by atoms with E-state index in [1.54, 1.807) is 6.07 Å². The third-order valence-electron chi connectivity index (χ3n) is 2.35. The molecule has 0 aliphatic carbocycles. The summed E-state index contributed by atoms with van der Waals surface area (Å²) >= 11 is 5.76. The Morgan fingerprint density at radius 2 is 2.17 bits per heavy atom. The van der Waals surface area contributed by atoms with E-state index in [-0.39, 0.29) is 17.2 Å². The molecule has 0 aliphatic heterocycles. The highest BCUT2D eigenvalue weighted by molar-refractivity contribution is 6.33. The van der Waals surface area contributed by atoms with Crippen molar-refractivity contribution < 1.29 is 19.1 Å². The largest absolute Gasteiger partial charge is 0.486 e. The van der Waals surface area contributed by atoms with Gasteiger partial charge in [0.15, 0.2) is 0 Å². The topological polar surface area (TPSA) is 59.7 Å². The summed E-state index contributed by atoms with van der Waals surface area (Å²) in [6.07, 6.45) is 0. The maximum Gasteiger partial charge on any atom is 0.337 e. The smallest absolute Gasteiger partial charge is 0.337 e. The van der Waals surface area contributed by atoms with Crippen molar-refractivity contribution >= 4 is 17.6 Å². The number of hydrogen-bond donors (Lipinski definition) is 1. The first kappa shape index (κ1) is 12.5. The molecular weight excluding hydrogens is 256 g/mol. The van der Waals surface area contributed by atoms with Gasteiger partial charge in [-0.3, -0.25) is 0 Å². The van der Waals surface area contributed by atoms with Crippen LogP contribution < -0.4 is 4.74 Å². The van der Waals surface area contributed by atoms with Gasteiger partial charge in [0.05, 0.1) is 10.6 Å². The molecule has 0 spiro atoms. The molecule has 0 unspecified atom stereocenters. The fraction of sp³-hybridized carbons (Fsp3) is 0.154. The average molecular weight is 267 g/mol. The van der Waals surface area contributed by atoms with Crippen molar-refractivity contribution in [2.45, 2.75) is 13.5 Å². The van der Waals surface area contributed by atoms with Crippen molar-refractivity contribution in [3.05, 3.63) is 52.4 Å². The number of aromatic carboxylic acids is 1. The van der Waals surface area contributed by atoms with Crippen LogP contribution in [0.4, 0.5) is 0 Å². The van der Waals surface area contributed by atoms with E-state index in [0.29, 0.717) is 11.5 Å². The average Bonchev–Trinajstić information content (AvgIpc) is 2.74. The summed E-state index contributed by atoms with van der Waals surface area (Å²) in [5.41, 5.74) is 0.0183. The monoisotopic (exact) mass is 266 g/mol. The highest BCUT2D eigenvalue weighted by Gasteiger charge is 2.10. The Morgan fingerprint density at radius 3 is 2.78 bits per heavy atom. The molecule has 0 saturated heterocycles. The van der Waals surface area contributed by atoms with Gasteiger partial charge in [-0.1, -0.05) is 11.6 Å². The quantitative estimate of drug-likeness (QED) is 0.920. The van der Waals surface area contributed by atoms with E-state index in [1.807, 2.05) is 19.1 Å². The summed E-state index contributed by atoms with van der Waals surface area (Å²) in [5.74, 6) is 0.834. The lowest BCUT2D eigenvalue weighted by Crippen LogP contribution is -1.99. The molecular formula is C13H11ClO4. The van der Waals surface area contributed by atoms with Gasteiger partial charge >= 0.3 is 5.97 Å². The van der Waals surface area contributed by atoms with Gasteiger partial charge in [0, 0.05) is 0 Å². The number of halogens is 1. The fourth-order valence-electron chi connectivity index (χ4n) is 1.48. The number of carbonyl (C=O) groups is 1. The molecule has 0 saturated carbocycles. The Hall–Kier alpha value is -1.94. The molecule has 0 amide bonds. The summed E-state index contributed by atoms with van der Waals surface area (Å²) in [5, 5.41) is 9.10. The lowest BCUT2D eigenvalue weighted by Gasteiger charge is -2.06. The molecule has 0 radical (unpaired) electrons. The molecule has 2 rings (SSSR count). The highest BCUT2D eigenvalue weighted by atomic mass is 35.5. The van der Waals surface area contributed by atoms with Crippen molar-refractivity contribution in [3.63, 3.8) is 0 Å². The second kappa shape index (κ2) is 5.14. The number of carboxylic acid groups (broad SMARTS) is 1. The predicted molar refractivity (Wildman–Crippen MR) is 66.2 cm³/mol. The molecule has 5 heteroatoms. The number of carboxylic acids is 1. The van der Waals surface area contributed by atoms with Crippen LogP contribution in [0.15, 0.2) is 34.7 Å². The third-order valence-corrected chi connectivity index (χ3v) is 2.67. The maximum absolute atomic E-state index is 10.9. The van der Waals surface area contributed by atoms with E-state index in [1.165, 1.54) is 12.1 Å². The first-order chi connectivity index (χ1) is 8.56. The van der Waals surface area contributed by atoms with Crippen LogP contribution in [0.5, 0.6) is 5.75 Å². The van der Waals surface area contributed by atoms with Crippen molar-refractivity contribution in [1.29, 1.82) is 0 Å². The Balaban J connectivity index is 2.10. The van der Waals surface area contributed by atoms with Gasteiger partial charge < -0.3 is 14.3 Å². The molecule has 4 nitrogen and oxygen atoms in total.